The number of benzene rings is 2. The zero-order valence-electron chi connectivity index (χ0n) is 16.5. The minimum atomic E-state index is -3.68. The molecule has 0 aromatic heterocycles. The van der Waals surface area contributed by atoms with Gasteiger partial charge in [-0.1, -0.05) is 30.3 Å². The third kappa shape index (κ3) is 6.17. The highest BCUT2D eigenvalue weighted by molar-refractivity contribution is 9.10. The van der Waals surface area contributed by atoms with Gasteiger partial charge >= 0.3 is 0 Å². The van der Waals surface area contributed by atoms with Crippen molar-refractivity contribution in [2.75, 3.05) is 13.1 Å². The highest BCUT2D eigenvalue weighted by atomic mass is 79.9. The number of hydrogen-bond donors (Lipinski definition) is 3. The van der Waals surface area contributed by atoms with Gasteiger partial charge in [0.15, 0.2) is 5.84 Å². The number of nitrogens with zero attached hydrogens (tertiary/aromatic N) is 2. The topological polar surface area (TPSA) is 111 Å². The van der Waals surface area contributed by atoms with Crippen LogP contribution >= 0.6 is 15.9 Å². The molecule has 2 aromatic carbocycles. The number of halogens is 2. The van der Waals surface area contributed by atoms with Crippen molar-refractivity contribution in [1.82, 2.24) is 14.5 Å². The first kappa shape index (κ1) is 23.5. The van der Waals surface area contributed by atoms with Crippen molar-refractivity contribution in [2.45, 2.75) is 19.4 Å². The summed E-state index contributed by atoms with van der Waals surface area (Å²) in [4.78, 5) is 16.8. The fraction of sp³-hybridized carbons (Fsp3) is 0.300. The van der Waals surface area contributed by atoms with Crippen molar-refractivity contribution in [1.29, 1.82) is 0 Å². The van der Waals surface area contributed by atoms with E-state index < -0.39 is 27.7 Å². The Bertz CT molecular complexity index is 1060. The Morgan fingerprint density at radius 3 is 2.48 bits per heavy atom. The Morgan fingerprint density at radius 2 is 1.87 bits per heavy atom. The second-order valence-electron chi connectivity index (χ2n) is 7.02. The zero-order valence-corrected chi connectivity index (χ0v) is 18.9. The largest absolute Gasteiger partial charge is 0.290 e. The highest BCUT2D eigenvalue weighted by Gasteiger charge is 2.32. The van der Waals surface area contributed by atoms with Crippen LogP contribution in [-0.2, 0) is 21.5 Å². The number of carbonyl (C=O) groups excluding carboxylic acids is 1. The van der Waals surface area contributed by atoms with Crippen LogP contribution in [0.15, 0.2) is 58.0 Å². The number of ketones is 1. The molecule has 11 heteroatoms. The van der Waals surface area contributed by atoms with E-state index in [0.717, 1.165) is 5.56 Å². The van der Waals surface area contributed by atoms with Gasteiger partial charge in [-0.25, -0.2) is 14.9 Å². The average molecular weight is 513 g/mol. The number of nitrogens with one attached hydrogen (secondary N) is 2. The van der Waals surface area contributed by atoms with Crippen molar-refractivity contribution < 1.29 is 22.8 Å². The zero-order chi connectivity index (χ0) is 22.4. The van der Waals surface area contributed by atoms with E-state index in [2.05, 4.69) is 25.6 Å². The quantitative estimate of drug-likeness (QED) is 0.300. The molecule has 0 saturated carbocycles. The average Bonchev–Trinajstić information content (AvgIpc) is 2.79. The number of aliphatic imine (C=N–C) groups is 1. The number of hydrogen-bond acceptors (Lipinski definition) is 5. The number of hydroxylamine groups is 1. The monoisotopic (exact) mass is 512 g/mol. The summed E-state index contributed by atoms with van der Waals surface area (Å²) in [5.41, 5.74) is 2.94. The minimum absolute atomic E-state index is 0.168. The summed E-state index contributed by atoms with van der Waals surface area (Å²) in [6.45, 7) is 0.517. The van der Waals surface area contributed by atoms with Crippen LogP contribution < -0.4 is 10.2 Å². The molecule has 1 saturated heterocycles. The van der Waals surface area contributed by atoms with E-state index in [0.29, 0.717) is 12.8 Å². The van der Waals surface area contributed by atoms with Gasteiger partial charge in [0.2, 0.25) is 5.78 Å². The molecule has 0 bridgehead atoms. The Hall–Kier alpha value is -2.18. The maximum Gasteiger partial charge on any atom is 0.279 e. The number of piperidine rings is 1. The molecular weight excluding hydrogens is 491 g/mol. The lowest BCUT2D eigenvalue weighted by molar-refractivity contribution is -0.118. The Kier molecular flexibility index (Phi) is 7.89. The lowest BCUT2D eigenvalue weighted by atomic mass is 9.93. The molecule has 166 valence electrons. The van der Waals surface area contributed by atoms with E-state index in [-0.39, 0.29) is 35.6 Å². The molecule has 2 aromatic rings. The smallest absolute Gasteiger partial charge is 0.279 e. The van der Waals surface area contributed by atoms with Crippen LogP contribution in [0.5, 0.6) is 0 Å². The van der Waals surface area contributed by atoms with Crippen LogP contribution in [0.25, 0.3) is 0 Å². The van der Waals surface area contributed by atoms with Crippen molar-refractivity contribution in [3.63, 3.8) is 0 Å². The highest BCUT2D eigenvalue weighted by Crippen LogP contribution is 2.24. The molecule has 1 heterocycles. The minimum Gasteiger partial charge on any atom is -0.290 e. The van der Waals surface area contributed by atoms with E-state index in [1.165, 1.54) is 22.5 Å². The summed E-state index contributed by atoms with van der Waals surface area (Å²) < 4.78 is 42.5. The van der Waals surface area contributed by atoms with Crippen molar-refractivity contribution in [3.05, 3.63) is 64.4 Å². The van der Waals surface area contributed by atoms with Crippen molar-refractivity contribution in [3.8, 4) is 0 Å². The Balaban J connectivity index is 1.60. The first-order valence-electron chi connectivity index (χ1n) is 9.57. The molecule has 3 N–H and O–H groups in total. The third-order valence-electron chi connectivity index (χ3n) is 4.95. The molecule has 31 heavy (non-hydrogen) atoms. The summed E-state index contributed by atoms with van der Waals surface area (Å²) in [5.74, 6) is -1.68. The van der Waals surface area contributed by atoms with E-state index in [4.69, 9.17) is 0 Å². The SMILES string of the molecule is O=C(C(=Nc1ccc(F)c(Br)c1)NO)C1CCN(S(=O)(=O)NCc2ccccc2)CC1. The summed E-state index contributed by atoms with van der Waals surface area (Å²) in [6, 6.07) is 13.1. The third-order valence-corrected chi connectivity index (χ3v) is 7.11. The van der Waals surface area contributed by atoms with E-state index in [9.17, 15) is 22.8 Å². The molecule has 1 aliphatic rings. The Morgan fingerprint density at radius 1 is 1.19 bits per heavy atom. The van der Waals surface area contributed by atoms with Gasteiger partial charge in [-0.05, 0) is 52.5 Å². The molecule has 1 fully saturated rings. The van der Waals surface area contributed by atoms with Crippen LogP contribution in [0, 0.1) is 11.7 Å². The lowest BCUT2D eigenvalue weighted by Gasteiger charge is -2.30. The maximum atomic E-state index is 13.4. The fourth-order valence-corrected chi connectivity index (χ4v) is 4.82. The van der Waals surface area contributed by atoms with Gasteiger partial charge in [-0.3, -0.25) is 10.0 Å². The van der Waals surface area contributed by atoms with Crippen molar-refractivity contribution >= 4 is 43.4 Å². The lowest BCUT2D eigenvalue weighted by Crippen LogP contribution is -2.47. The van der Waals surface area contributed by atoms with Gasteiger partial charge in [-0.2, -0.15) is 17.4 Å². The Labute approximate surface area is 188 Å². The van der Waals surface area contributed by atoms with Crippen LogP contribution in [0.1, 0.15) is 18.4 Å². The molecule has 8 nitrogen and oxygen atoms in total. The molecule has 0 radical (unpaired) electrons. The molecule has 0 spiro atoms. The molecule has 0 amide bonds. The van der Waals surface area contributed by atoms with Gasteiger partial charge in [-0.15, -0.1) is 0 Å². The first-order chi connectivity index (χ1) is 14.8. The normalized spacial score (nSPS) is 16.3. The molecular formula is C20H22BrFN4O4S. The van der Waals surface area contributed by atoms with Gasteiger partial charge in [0.1, 0.15) is 5.82 Å². The van der Waals surface area contributed by atoms with Crippen molar-refractivity contribution in [2.24, 2.45) is 10.9 Å². The number of carbonyl (C=O) groups is 1. The number of amidine groups is 1. The van der Waals surface area contributed by atoms with E-state index in [1.54, 1.807) is 0 Å². The van der Waals surface area contributed by atoms with Gasteiger partial charge in [0.25, 0.3) is 10.2 Å². The molecule has 0 atom stereocenters. The van der Waals surface area contributed by atoms with Gasteiger partial charge < -0.3 is 0 Å². The summed E-state index contributed by atoms with van der Waals surface area (Å²) in [6.07, 6.45) is 0.581. The standard InChI is InChI=1S/C20H22BrFN4O4S/c21-17-12-16(6-7-18(17)22)24-20(25-28)19(27)15-8-10-26(11-9-15)31(29,30)23-13-14-4-2-1-3-5-14/h1-7,12,15,23,28H,8-11,13H2,(H,24,25). The summed E-state index contributed by atoms with van der Waals surface area (Å²) >= 11 is 3.04. The van der Waals surface area contributed by atoms with Gasteiger partial charge in [0.05, 0.1) is 10.2 Å². The van der Waals surface area contributed by atoms with Crippen LogP contribution in [0.2, 0.25) is 0 Å². The van der Waals surface area contributed by atoms with Crippen LogP contribution in [-0.4, -0.2) is 42.6 Å². The predicted molar refractivity (Wildman–Crippen MR) is 118 cm³/mol. The summed E-state index contributed by atoms with van der Waals surface area (Å²) in [5, 5.41) is 9.37. The summed E-state index contributed by atoms with van der Waals surface area (Å²) in [7, 11) is -3.68. The molecule has 0 unspecified atom stereocenters. The fourth-order valence-electron chi connectivity index (χ4n) is 3.23. The second kappa shape index (κ2) is 10.4. The predicted octanol–water partition coefficient (Wildman–Crippen LogP) is 2.91. The molecule has 0 aliphatic carbocycles. The van der Waals surface area contributed by atoms with Crippen LogP contribution in [0.3, 0.4) is 0 Å². The maximum absolute atomic E-state index is 13.4. The number of rotatable bonds is 7. The van der Waals surface area contributed by atoms with Gasteiger partial charge in [0, 0.05) is 25.6 Å². The van der Waals surface area contributed by atoms with Crippen LogP contribution in [0.4, 0.5) is 10.1 Å². The molecule has 3 rings (SSSR count). The first-order valence-corrected chi connectivity index (χ1v) is 11.8. The number of Topliss-reactive ketones (excluding diaryl/α,β-unsaturated/α-hetero) is 1. The second-order valence-corrected chi connectivity index (χ2v) is 9.63. The molecule has 1 aliphatic heterocycles. The van der Waals surface area contributed by atoms with E-state index in [1.807, 2.05) is 35.8 Å². The van der Waals surface area contributed by atoms with E-state index >= 15 is 0 Å².